The zero-order chi connectivity index (χ0) is 13.1. The topological polar surface area (TPSA) is 55.1 Å². The molecule has 0 fully saturated rings. The van der Waals surface area contributed by atoms with E-state index in [-0.39, 0.29) is 11.0 Å². The van der Waals surface area contributed by atoms with Crippen LogP contribution in [0.25, 0.3) is 0 Å². The summed E-state index contributed by atoms with van der Waals surface area (Å²) in [5.74, 6) is -2.05. The van der Waals surface area contributed by atoms with Crippen molar-refractivity contribution in [3.63, 3.8) is 0 Å². The maximum atomic E-state index is 12.9. The molecule has 17 heavy (non-hydrogen) atoms. The molecule has 1 aromatic rings. The fourth-order valence-electron chi connectivity index (χ4n) is 1.18. The fourth-order valence-corrected chi connectivity index (χ4v) is 1.18. The van der Waals surface area contributed by atoms with Gasteiger partial charge in [0.1, 0.15) is 11.6 Å². The second kappa shape index (κ2) is 5.23. The number of hydrogen-bond acceptors (Lipinski definition) is 2. The van der Waals surface area contributed by atoms with Crippen LogP contribution in [0.4, 0.5) is 8.78 Å². The Bertz CT molecular complexity index is 399. The average Bonchev–Trinajstić information content (AvgIpc) is 2.24. The summed E-state index contributed by atoms with van der Waals surface area (Å²) in [5.41, 5.74) is 5.23. The number of rotatable bonds is 4. The number of amides is 1. The number of nitrogens with two attached hydrogens (primary N) is 1. The van der Waals surface area contributed by atoms with E-state index in [0.717, 1.165) is 18.2 Å². The number of halogens is 2. The molecule has 0 unspecified atom stereocenters. The molecule has 5 heteroatoms. The van der Waals surface area contributed by atoms with Crippen molar-refractivity contribution in [2.24, 2.45) is 11.1 Å². The molecule has 94 valence electrons. The molecule has 0 spiro atoms. The van der Waals surface area contributed by atoms with Crippen molar-refractivity contribution in [1.29, 1.82) is 0 Å². The Morgan fingerprint density at radius 2 is 1.82 bits per heavy atom. The molecule has 0 atom stereocenters. The average molecular weight is 242 g/mol. The summed E-state index contributed by atoms with van der Waals surface area (Å²) in [7, 11) is 0. The Balaban J connectivity index is 2.70. The van der Waals surface area contributed by atoms with Gasteiger partial charge < -0.3 is 11.1 Å². The monoisotopic (exact) mass is 242 g/mol. The van der Waals surface area contributed by atoms with Crippen LogP contribution in [0.3, 0.4) is 0 Å². The second-order valence-corrected chi connectivity index (χ2v) is 4.71. The van der Waals surface area contributed by atoms with E-state index in [2.05, 4.69) is 5.32 Å². The molecule has 0 radical (unpaired) electrons. The third kappa shape index (κ3) is 4.11. The molecular formula is C12H16F2N2O. The molecule has 1 amide bonds. The molecule has 0 heterocycles. The lowest BCUT2D eigenvalue weighted by Gasteiger charge is -2.22. The summed E-state index contributed by atoms with van der Waals surface area (Å²) < 4.78 is 25.8. The first kappa shape index (κ1) is 13.6. The van der Waals surface area contributed by atoms with Crippen LogP contribution in [-0.4, -0.2) is 19.0 Å². The Hall–Kier alpha value is -1.49. The summed E-state index contributed by atoms with van der Waals surface area (Å²) >= 11 is 0. The standard InChI is InChI=1S/C12H16F2N2O/c1-12(2,6-15)7-16-11(17)8-3-9(13)5-10(14)4-8/h3-5H,6-7,15H2,1-2H3,(H,16,17). The molecular weight excluding hydrogens is 226 g/mol. The SMILES string of the molecule is CC(C)(CN)CNC(=O)c1cc(F)cc(F)c1. The molecule has 1 aromatic carbocycles. The summed E-state index contributed by atoms with van der Waals surface area (Å²) in [6.45, 7) is 4.53. The predicted octanol–water partition coefficient (Wildman–Crippen LogP) is 1.68. The van der Waals surface area contributed by atoms with Crippen molar-refractivity contribution < 1.29 is 13.6 Å². The van der Waals surface area contributed by atoms with E-state index < -0.39 is 17.5 Å². The summed E-state index contributed by atoms with van der Waals surface area (Å²) in [6.07, 6.45) is 0. The van der Waals surface area contributed by atoms with Crippen LogP contribution in [0, 0.1) is 17.0 Å². The largest absolute Gasteiger partial charge is 0.351 e. The van der Waals surface area contributed by atoms with Gasteiger partial charge >= 0.3 is 0 Å². The van der Waals surface area contributed by atoms with Crippen molar-refractivity contribution in [2.75, 3.05) is 13.1 Å². The van der Waals surface area contributed by atoms with Gasteiger partial charge in [0.25, 0.3) is 5.91 Å². The minimum Gasteiger partial charge on any atom is -0.351 e. The van der Waals surface area contributed by atoms with Crippen molar-refractivity contribution in [2.45, 2.75) is 13.8 Å². The lowest BCUT2D eigenvalue weighted by Crippen LogP contribution is -2.38. The van der Waals surface area contributed by atoms with Gasteiger partial charge in [-0.1, -0.05) is 13.8 Å². The molecule has 0 bridgehead atoms. The lowest BCUT2D eigenvalue weighted by molar-refractivity contribution is 0.0937. The minimum absolute atomic E-state index is 0.0321. The number of nitrogens with one attached hydrogen (secondary N) is 1. The van der Waals surface area contributed by atoms with Crippen molar-refractivity contribution >= 4 is 5.91 Å². The zero-order valence-corrected chi connectivity index (χ0v) is 9.89. The molecule has 0 aliphatic heterocycles. The van der Waals surface area contributed by atoms with Gasteiger partial charge in [0.2, 0.25) is 0 Å². The van der Waals surface area contributed by atoms with Gasteiger partial charge in [-0.05, 0) is 24.1 Å². The van der Waals surface area contributed by atoms with Gasteiger partial charge in [-0.15, -0.1) is 0 Å². The Morgan fingerprint density at radius 3 is 2.29 bits per heavy atom. The molecule has 0 saturated carbocycles. The van der Waals surface area contributed by atoms with Crippen LogP contribution in [-0.2, 0) is 0 Å². The van der Waals surface area contributed by atoms with E-state index in [1.165, 1.54) is 0 Å². The highest BCUT2D eigenvalue weighted by Gasteiger charge is 2.17. The van der Waals surface area contributed by atoms with E-state index in [1.54, 1.807) is 0 Å². The normalized spacial score (nSPS) is 11.4. The van der Waals surface area contributed by atoms with Gasteiger partial charge in [-0.3, -0.25) is 4.79 Å². The smallest absolute Gasteiger partial charge is 0.251 e. The number of carbonyl (C=O) groups is 1. The van der Waals surface area contributed by atoms with Crippen LogP contribution in [0.5, 0.6) is 0 Å². The predicted molar refractivity (Wildman–Crippen MR) is 61.5 cm³/mol. The number of benzene rings is 1. The molecule has 0 aliphatic rings. The number of carbonyl (C=O) groups excluding carboxylic acids is 1. The molecule has 3 N–H and O–H groups in total. The maximum Gasteiger partial charge on any atom is 0.251 e. The van der Waals surface area contributed by atoms with Crippen LogP contribution in [0.2, 0.25) is 0 Å². The second-order valence-electron chi connectivity index (χ2n) is 4.71. The first-order valence-corrected chi connectivity index (χ1v) is 5.28. The quantitative estimate of drug-likeness (QED) is 0.844. The molecule has 0 saturated heterocycles. The minimum atomic E-state index is -0.770. The highest BCUT2D eigenvalue weighted by atomic mass is 19.1. The Morgan fingerprint density at radius 1 is 1.29 bits per heavy atom. The third-order valence-electron chi connectivity index (χ3n) is 2.40. The summed E-state index contributed by atoms with van der Waals surface area (Å²) in [4.78, 5) is 11.6. The van der Waals surface area contributed by atoms with Gasteiger partial charge in [-0.2, -0.15) is 0 Å². The van der Waals surface area contributed by atoms with Gasteiger partial charge in [-0.25, -0.2) is 8.78 Å². The highest BCUT2D eigenvalue weighted by molar-refractivity contribution is 5.94. The third-order valence-corrected chi connectivity index (χ3v) is 2.40. The maximum absolute atomic E-state index is 12.9. The summed E-state index contributed by atoms with van der Waals surface area (Å²) in [6, 6.07) is 2.71. The molecule has 0 aromatic heterocycles. The van der Waals surface area contributed by atoms with Crippen LogP contribution in [0.1, 0.15) is 24.2 Å². The van der Waals surface area contributed by atoms with Crippen LogP contribution >= 0.6 is 0 Å². The Labute approximate surface area is 99.0 Å². The van der Waals surface area contributed by atoms with Crippen molar-refractivity contribution in [3.05, 3.63) is 35.4 Å². The molecule has 3 nitrogen and oxygen atoms in total. The first-order chi connectivity index (χ1) is 7.84. The highest BCUT2D eigenvalue weighted by Crippen LogP contribution is 2.12. The molecule has 0 aliphatic carbocycles. The Kier molecular flexibility index (Phi) is 4.17. The van der Waals surface area contributed by atoms with Gasteiger partial charge in [0.15, 0.2) is 0 Å². The van der Waals surface area contributed by atoms with E-state index in [9.17, 15) is 13.6 Å². The zero-order valence-electron chi connectivity index (χ0n) is 9.89. The first-order valence-electron chi connectivity index (χ1n) is 5.28. The molecule has 1 rings (SSSR count). The van der Waals surface area contributed by atoms with Crippen molar-refractivity contribution in [3.8, 4) is 0 Å². The summed E-state index contributed by atoms with van der Waals surface area (Å²) in [5, 5.41) is 2.59. The van der Waals surface area contributed by atoms with E-state index >= 15 is 0 Å². The van der Waals surface area contributed by atoms with E-state index in [4.69, 9.17) is 5.73 Å². The fraction of sp³-hybridized carbons (Fsp3) is 0.417. The number of hydrogen-bond donors (Lipinski definition) is 2. The van der Waals surface area contributed by atoms with Gasteiger partial charge in [0.05, 0.1) is 0 Å². The van der Waals surface area contributed by atoms with E-state index in [0.29, 0.717) is 13.1 Å². The lowest BCUT2D eigenvalue weighted by atomic mass is 9.94. The van der Waals surface area contributed by atoms with Gasteiger partial charge in [0, 0.05) is 18.2 Å². The van der Waals surface area contributed by atoms with Crippen molar-refractivity contribution in [1.82, 2.24) is 5.32 Å². The van der Waals surface area contributed by atoms with Crippen LogP contribution < -0.4 is 11.1 Å². The van der Waals surface area contributed by atoms with Crippen LogP contribution in [0.15, 0.2) is 18.2 Å². The van der Waals surface area contributed by atoms with E-state index in [1.807, 2.05) is 13.8 Å².